The van der Waals surface area contributed by atoms with Crippen molar-refractivity contribution in [1.82, 2.24) is 4.98 Å². The molecule has 1 saturated carbocycles. The molecule has 0 aliphatic heterocycles. The predicted octanol–water partition coefficient (Wildman–Crippen LogP) is 4.65. The van der Waals surface area contributed by atoms with Crippen molar-refractivity contribution in [2.75, 3.05) is 11.6 Å². The maximum Gasteiger partial charge on any atom is 0.184 e. The van der Waals surface area contributed by atoms with E-state index in [0.29, 0.717) is 6.04 Å². The summed E-state index contributed by atoms with van der Waals surface area (Å²) >= 11 is 9.67. The maximum atomic E-state index is 5.98. The van der Waals surface area contributed by atoms with Crippen molar-refractivity contribution in [3.05, 3.63) is 23.2 Å². The molecular formula is C13H15ClN2S2. The summed E-state index contributed by atoms with van der Waals surface area (Å²) in [6.45, 7) is 0. The van der Waals surface area contributed by atoms with Crippen LogP contribution in [0.25, 0.3) is 10.2 Å². The highest BCUT2D eigenvalue weighted by Gasteiger charge is 2.24. The molecule has 2 nitrogen and oxygen atoms in total. The van der Waals surface area contributed by atoms with E-state index in [2.05, 4.69) is 16.6 Å². The van der Waals surface area contributed by atoms with Gasteiger partial charge in [-0.25, -0.2) is 4.98 Å². The molecular weight excluding hydrogens is 284 g/mol. The highest BCUT2D eigenvalue weighted by atomic mass is 35.5. The second-order valence-corrected chi connectivity index (χ2v) is 7.25. The fourth-order valence-electron chi connectivity index (χ4n) is 2.42. The van der Waals surface area contributed by atoms with Gasteiger partial charge in [-0.2, -0.15) is 11.8 Å². The van der Waals surface area contributed by atoms with Crippen LogP contribution in [-0.4, -0.2) is 22.5 Å². The Hall–Kier alpha value is -0.450. The molecule has 0 bridgehead atoms. The molecule has 1 aromatic heterocycles. The highest BCUT2D eigenvalue weighted by molar-refractivity contribution is 7.99. The first-order valence-corrected chi connectivity index (χ1v) is 8.58. The summed E-state index contributed by atoms with van der Waals surface area (Å²) in [6, 6.07) is 6.47. The summed E-state index contributed by atoms with van der Waals surface area (Å²) in [5.41, 5.74) is 0.995. The number of nitrogens with one attached hydrogen (secondary N) is 1. The first-order chi connectivity index (χ1) is 8.74. The quantitative estimate of drug-likeness (QED) is 0.893. The van der Waals surface area contributed by atoms with Gasteiger partial charge in [-0.1, -0.05) is 22.9 Å². The van der Waals surface area contributed by atoms with Crippen LogP contribution in [0.15, 0.2) is 18.2 Å². The molecule has 1 aliphatic rings. The topological polar surface area (TPSA) is 24.9 Å². The molecule has 2 unspecified atom stereocenters. The van der Waals surface area contributed by atoms with Gasteiger partial charge in [-0.3, -0.25) is 0 Å². The van der Waals surface area contributed by atoms with E-state index >= 15 is 0 Å². The van der Waals surface area contributed by atoms with Crippen LogP contribution in [0.3, 0.4) is 0 Å². The summed E-state index contributed by atoms with van der Waals surface area (Å²) in [7, 11) is 0. The molecule has 1 fully saturated rings. The van der Waals surface area contributed by atoms with Crippen LogP contribution in [0.2, 0.25) is 5.02 Å². The van der Waals surface area contributed by atoms with Crippen LogP contribution >= 0.6 is 34.7 Å². The Kier molecular flexibility index (Phi) is 3.68. The molecule has 1 N–H and O–H groups in total. The standard InChI is InChI=1S/C13H15ClN2S2/c1-17-10-4-3-9(7-10)15-13-16-11-6-8(14)2-5-12(11)18-13/h2,5-6,9-10H,3-4,7H2,1H3,(H,15,16). The van der Waals surface area contributed by atoms with Crippen molar-refractivity contribution in [2.45, 2.75) is 30.6 Å². The Bertz CT molecular complexity index is 555. The number of anilines is 1. The van der Waals surface area contributed by atoms with Crippen LogP contribution in [0.4, 0.5) is 5.13 Å². The molecule has 1 aliphatic carbocycles. The number of fused-ring (bicyclic) bond motifs is 1. The van der Waals surface area contributed by atoms with E-state index in [-0.39, 0.29) is 0 Å². The van der Waals surface area contributed by atoms with Crippen LogP contribution in [0, 0.1) is 0 Å². The third-order valence-corrected chi connectivity index (χ3v) is 5.69. The van der Waals surface area contributed by atoms with Crippen LogP contribution < -0.4 is 5.32 Å². The Morgan fingerprint density at radius 1 is 1.44 bits per heavy atom. The van der Waals surface area contributed by atoms with Crippen molar-refractivity contribution in [3.8, 4) is 0 Å². The molecule has 1 heterocycles. The van der Waals surface area contributed by atoms with Gasteiger partial charge in [0.1, 0.15) is 0 Å². The van der Waals surface area contributed by atoms with E-state index in [1.165, 1.54) is 24.0 Å². The SMILES string of the molecule is CSC1CCC(Nc2nc3cc(Cl)ccc3s2)C1. The summed E-state index contributed by atoms with van der Waals surface area (Å²) in [6.07, 6.45) is 6.02. The predicted molar refractivity (Wildman–Crippen MR) is 83.2 cm³/mol. The average molecular weight is 299 g/mol. The zero-order valence-corrected chi connectivity index (χ0v) is 12.5. The molecule has 18 heavy (non-hydrogen) atoms. The lowest BCUT2D eigenvalue weighted by atomic mass is 10.3. The number of aromatic nitrogens is 1. The Balaban J connectivity index is 1.75. The number of nitrogens with zero attached hydrogens (tertiary/aromatic N) is 1. The number of halogens is 1. The minimum atomic E-state index is 0.582. The van der Waals surface area contributed by atoms with E-state index in [0.717, 1.165) is 20.9 Å². The monoisotopic (exact) mass is 298 g/mol. The van der Waals surface area contributed by atoms with E-state index < -0.39 is 0 Å². The lowest BCUT2D eigenvalue weighted by Crippen LogP contribution is -2.15. The fraction of sp³-hybridized carbons (Fsp3) is 0.462. The smallest absolute Gasteiger partial charge is 0.184 e. The molecule has 2 atom stereocenters. The van der Waals surface area contributed by atoms with Gasteiger partial charge in [0.25, 0.3) is 0 Å². The van der Waals surface area contributed by atoms with Gasteiger partial charge in [0, 0.05) is 16.3 Å². The van der Waals surface area contributed by atoms with Gasteiger partial charge in [0.15, 0.2) is 5.13 Å². The molecule has 0 spiro atoms. The number of thiazole rings is 1. The Morgan fingerprint density at radius 3 is 3.11 bits per heavy atom. The van der Waals surface area contributed by atoms with E-state index in [1.54, 1.807) is 11.3 Å². The summed E-state index contributed by atoms with van der Waals surface area (Å²) < 4.78 is 1.20. The molecule has 0 radical (unpaired) electrons. The molecule has 3 rings (SSSR count). The normalized spacial score (nSPS) is 23.7. The number of rotatable bonds is 3. The Labute approximate surface area is 120 Å². The van der Waals surface area contributed by atoms with Gasteiger partial charge in [0.2, 0.25) is 0 Å². The first kappa shape index (κ1) is 12.6. The van der Waals surface area contributed by atoms with Crippen LogP contribution in [-0.2, 0) is 0 Å². The van der Waals surface area contributed by atoms with Crippen molar-refractivity contribution in [3.63, 3.8) is 0 Å². The van der Waals surface area contributed by atoms with Crippen molar-refractivity contribution in [2.24, 2.45) is 0 Å². The summed E-state index contributed by atoms with van der Waals surface area (Å²) in [5, 5.41) is 6.16. The third kappa shape index (κ3) is 2.60. The van der Waals surface area contributed by atoms with E-state index in [1.807, 2.05) is 30.0 Å². The molecule has 5 heteroatoms. The van der Waals surface area contributed by atoms with Gasteiger partial charge < -0.3 is 5.32 Å². The second kappa shape index (κ2) is 5.27. The molecule has 1 aromatic carbocycles. The zero-order valence-electron chi connectivity index (χ0n) is 10.1. The van der Waals surface area contributed by atoms with Gasteiger partial charge in [0.05, 0.1) is 10.2 Å². The minimum absolute atomic E-state index is 0.582. The Morgan fingerprint density at radius 2 is 2.33 bits per heavy atom. The average Bonchev–Trinajstić information content (AvgIpc) is 2.95. The third-order valence-electron chi connectivity index (χ3n) is 3.40. The largest absolute Gasteiger partial charge is 0.359 e. The van der Waals surface area contributed by atoms with E-state index in [9.17, 15) is 0 Å². The summed E-state index contributed by atoms with van der Waals surface area (Å²) in [4.78, 5) is 4.60. The molecule has 0 amide bonds. The van der Waals surface area contributed by atoms with E-state index in [4.69, 9.17) is 11.6 Å². The lowest BCUT2D eigenvalue weighted by molar-refractivity contribution is 0.756. The van der Waals surface area contributed by atoms with Crippen molar-refractivity contribution in [1.29, 1.82) is 0 Å². The van der Waals surface area contributed by atoms with Crippen molar-refractivity contribution < 1.29 is 0 Å². The molecule has 96 valence electrons. The number of benzene rings is 1. The van der Waals surface area contributed by atoms with Gasteiger partial charge in [-0.05, 0) is 43.7 Å². The first-order valence-electron chi connectivity index (χ1n) is 6.10. The van der Waals surface area contributed by atoms with Gasteiger partial charge >= 0.3 is 0 Å². The fourth-order valence-corrected chi connectivity index (χ4v) is 4.31. The number of hydrogen-bond acceptors (Lipinski definition) is 4. The second-order valence-electron chi connectivity index (χ2n) is 4.64. The minimum Gasteiger partial charge on any atom is -0.359 e. The summed E-state index contributed by atoms with van der Waals surface area (Å²) in [5.74, 6) is 0. The molecule has 0 saturated heterocycles. The molecule has 2 aromatic rings. The van der Waals surface area contributed by atoms with Gasteiger partial charge in [-0.15, -0.1) is 0 Å². The van der Waals surface area contributed by atoms with Crippen molar-refractivity contribution >= 4 is 50.0 Å². The number of thioether (sulfide) groups is 1. The maximum absolute atomic E-state index is 5.98. The zero-order chi connectivity index (χ0) is 12.5. The number of hydrogen-bond donors (Lipinski definition) is 1. The van der Waals surface area contributed by atoms with Crippen LogP contribution in [0.1, 0.15) is 19.3 Å². The highest BCUT2D eigenvalue weighted by Crippen LogP contribution is 2.33. The lowest BCUT2D eigenvalue weighted by Gasteiger charge is -2.10. The van der Waals surface area contributed by atoms with Crippen LogP contribution in [0.5, 0.6) is 0 Å².